The van der Waals surface area contributed by atoms with Gasteiger partial charge < -0.3 is 13.9 Å². The molecule has 0 aliphatic carbocycles. The van der Waals surface area contributed by atoms with E-state index in [4.69, 9.17) is 21.1 Å². The van der Waals surface area contributed by atoms with Gasteiger partial charge in [-0.05, 0) is 35.9 Å². The van der Waals surface area contributed by atoms with Crippen LogP contribution in [0.1, 0.15) is 20.7 Å². The van der Waals surface area contributed by atoms with E-state index in [1.807, 2.05) is 34.7 Å². The van der Waals surface area contributed by atoms with Gasteiger partial charge in [0.15, 0.2) is 0 Å². The highest BCUT2D eigenvalue weighted by molar-refractivity contribution is 6.30. The quantitative estimate of drug-likeness (QED) is 0.503. The van der Waals surface area contributed by atoms with E-state index in [1.54, 1.807) is 18.2 Å². The maximum atomic E-state index is 12.6. The van der Waals surface area contributed by atoms with Crippen molar-refractivity contribution in [3.8, 4) is 11.1 Å². The summed E-state index contributed by atoms with van der Waals surface area (Å²) in [6.07, 6.45) is 0. The van der Waals surface area contributed by atoms with Gasteiger partial charge in [0.1, 0.15) is 11.1 Å². The Morgan fingerprint density at radius 1 is 0.923 bits per heavy atom. The molecule has 0 N–H and O–H groups in total. The number of pyridine rings is 1. The molecule has 6 heteroatoms. The van der Waals surface area contributed by atoms with Crippen LogP contribution >= 0.6 is 11.6 Å². The molecule has 3 aromatic heterocycles. The zero-order valence-corrected chi connectivity index (χ0v) is 14.8. The molecule has 0 fully saturated rings. The highest BCUT2D eigenvalue weighted by Crippen LogP contribution is 2.38. The lowest BCUT2D eigenvalue weighted by Crippen LogP contribution is -2.10. The predicted octanol–water partition coefficient (Wildman–Crippen LogP) is 4.42. The number of ether oxygens (including phenoxy) is 2. The van der Waals surface area contributed by atoms with Crippen molar-refractivity contribution < 1.29 is 19.1 Å². The molecule has 26 heavy (non-hydrogen) atoms. The van der Waals surface area contributed by atoms with E-state index in [1.165, 1.54) is 14.2 Å². The second kappa shape index (κ2) is 6.04. The Hall–Kier alpha value is -3.05. The summed E-state index contributed by atoms with van der Waals surface area (Å²) < 4.78 is 11.8. The fourth-order valence-electron chi connectivity index (χ4n) is 3.37. The van der Waals surface area contributed by atoms with Gasteiger partial charge in [0.05, 0.1) is 25.3 Å². The summed E-state index contributed by atoms with van der Waals surface area (Å²) in [7, 11) is 2.58. The first-order valence-corrected chi connectivity index (χ1v) is 8.26. The minimum atomic E-state index is -0.586. The van der Waals surface area contributed by atoms with Crippen molar-refractivity contribution in [2.24, 2.45) is 0 Å². The molecule has 0 aliphatic heterocycles. The minimum Gasteiger partial charge on any atom is -0.465 e. The van der Waals surface area contributed by atoms with Gasteiger partial charge in [0.2, 0.25) is 0 Å². The van der Waals surface area contributed by atoms with Gasteiger partial charge in [0, 0.05) is 16.1 Å². The predicted molar refractivity (Wildman–Crippen MR) is 99.2 cm³/mol. The summed E-state index contributed by atoms with van der Waals surface area (Å²) in [5.41, 5.74) is 4.18. The van der Waals surface area contributed by atoms with Crippen molar-refractivity contribution in [2.75, 3.05) is 14.2 Å². The molecular formula is C20H14ClNO4. The monoisotopic (exact) mass is 367 g/mol. The summed E-state index contributed by atoms with van der Waals surface area (Å²) in [6, 6.07) is 14.8. The van der Waals surface area contributed by atoms with Gasteiger partial charge in [-0.1, -0.05) is 29.8 Å². The number of carbonyl (C=O) groups is 2. The highest BCUT2D eigenvalue weighted by atomic mass is 35.5. The van der Waals surface area contributed by atoms with Crippen molar-refractivity contribution in [2.45, 2.75) is 0 Å². The molecule has 130 valence electrons. The van der Waals surface area contributed by atoms with E-state index in [2.05, 4.69) is 0 Å². The molecule has 4 aromatic rings. The number of nitrogens with zero attached hydrogens (tertiary/aromatic N) is 1. The molecule has 0 bridgehead atoms. The standard InChI is InChI=1S/C20H14ClNO4/c1-25-19(23)16-15-5-3-4-13-10-14(11-6-8-12(21)9-7-11)18(22(13)15)17(16)20(24)26-2/h3-10H,1-2H3. The summed E-state index contributed by atoms with van der Waals surface area (Å²) in [5.74, 6) is -1.17. The van der Waals surface area contributed by atoms with E-state index in [9.17, 15) is 9.59 Å². The largest absolute Gasteiger partial charge is 0.465 e. The molecule has 0 spiro atoms. The minimum absolute atomic E-state index is 0.200. The first-order valence-electron chi connectivity index (χ1n) is 7.89. The fourth-order valence-corrected chi connectivity index (χ4v) is 3.50. The third-order valence-corrected chi connectivity index (χ3v) is 4.72. The average Bonchev–Trinajstić information content (AvgIpc) is 3.21. The second-order valence-electron chi connectivity index (χ2n) is 5.82. The molecule has 4 rings (SSSR count). The summed E-state index contributed by atoms with van der Waals surface area (Å²) in [6.45, 7) is 0. The fraction of sp³-hybridized carbons (Fsp3) is 0.100. The van der Waals surface area contributed by atoms with Crippen LogP contribution in [0.5, 0.6) is 0 Å². The number of esters is 2. The number of rotatable bonds is 3. The Kier molecular flexibility index (Phi) is 3.81. The zero-order valence-electron chi connectivity index (χ0n) is 14.1. The van der Waals surface area contributed by atoms with Gasteiger partial charge in [-0.25, -0.2) is 9.59 Å². The molecule has 0 aliphatic rings. The topological polar surface area (TPSA) is 57.0 Å². The van der Waals surface area contributed by atoms with Crippen LogP contribution in [0, 0.1) is 0 Å². The number of carbonyl (C=O) groups excluding carboxylic acids is 2. The number of methoxy groups -OCH3 is 2. The SMILES string of the molecule is COC(=O)c1c(C(=O)OC)c2c(-c3ccc(Cl)cc3)cc3cccc1n32. The summed E-state index contributed by atoms with van der Waals surface area (Å²) in [5, 5.41) is 0.619. The van der Waals surface area contributed by atoms with Gasteiger partial charge >= 0.3 is 11.9 Å². The highest BCUT2D eigenvalue weighted by Gasteiger charge is 2.30. The van der Waals surface area contributed by atoms with Gasteiger partial charge in [-0.15, -0.1) is 0 Å². The Morgan fingerprint density at radius 3 is 2.23 bits per heavy atom. The molecule has 3 heterocycles. The first-order chi connectivity index (χ1) is 12.6. The summed E-state index contributed by atoms with van der Waals surface area (Å²) in [4.78, 5) is 25.0. The molecule has 0 unspecified atom stereocenters. The number of hydrogen-bond acceptors (Lipinski definition) is 4. The van der Waals surface area contributed by atoms with Crippen molar-refractivity contribution in [1.29, 1.82) is 0 Å². The van der Waals surface area contributed by atoms with Crippen LogP contribution in [0.4, 0.5) is 0 Å². The Balaban J connectivity index is 2.17. The molecular weight excluding hydrogens is 354 g/mol. The third kappa shape index (κ3) is 2.24. The third-order valence-electron chi connectivity index (χ3n) is 4.47. The maximum absolute atomic E-state index is 12.6. The first kappa shape index (κ1) is 16.4. The van der Waals surface area contributed by atoms with Gasteiger partial charge in [0.25, 0.3) is 0 Å². The molecule has 0 saturated heterocycles. The lowest BCUT2D eigenvalue weighted by molar-refractivity contribution is 0.0559. The average molecular weight is 368 g/mol. The van der Waals surface area contributed by atoms with E-state index in [0.717, 1.165) is 16.6 Å². The Morgan fingerprint density at radius 2 is 1.58 bits per heavy atom. The smallest absolute Gasteiger partial charge is 0.340 e. The van der Waals surface area contributed by atoms with E-state index >= 15 is 0 Å². The lowest BCUT2D eigenvalue weighted by atomic mass is 10.0. The molecule has 0 radical (unpaired) electrons. The second-order valence-corrected chi connectivity index (χ2v) is 6.25. The number of halogens is 1. The van der Waals surface area contributed by atoms with E-state index < -0.39 is 11.9 Å². The lowest BCUT2D eigenvalue weighted by Gasteiger charge is -2.04. The van der Waals surface area contributed by atoms with Crippen LogP contribution < -0.4 is 0 Å². The van der Waals surface area contributed by atoms with E-state index in [0.29, 0.717) is 16.1 Å². The van der Waals surface area contributed by atoms with Crippen molar-refractivity contribution >= 4 is 40.1 Å². The van der Waals surface area contributed by atoms with Crippen molar-refractivity contribution in [3.05, 3.63) is 64.7 Å². The summed E-state index contributed by atoms with van der Waals surface area (Å²) >= 11 is 6.00. The van der Waals surface area contributed by atoms with Crippen LogP contribution in [0.3, 0.4) is 0 Å². The van der Waals surface area contributed by atoms with Crippen LogP contribution in [0.2, 0.25) is 5.02 Å². The van der Waals surface area contributed by atoms with E-state index in [-0.39, 0.29) is 11.1 Å². The van der Waals surface area contributed by atoms with Crippen molar-refractivity contribution in [3.63, 3.8) is 0 Å². The molecule has 5 nitrogen and oxygen atoms in total. The number of hydrogen-bond donors (Lipinski definition) is 0. The number of aromatic nitrogens is 1. The Bertz CT molecular complexity index is 1140. The zero-order chi connectivity index (χ0) is 18.4. The molecule has 1 aromatic carbocycles. The van der Waals surface area contributed by atoms with Crippen LogP contribution in [-0.4, -0.2) is 30.6 Å². The van der Waals surface area contributed by atoms with Gasteiger partial charge in [-0.3, -0.25) is 0 Å². The van der Waals surface area contributed by atoms with Crippen LogP contribution in [0.25, 0.3) is 27.7 Å². The normalized spacial score (nSPS) is 11.2. The Labute approximate surface area is 154 Å². The molecule has 0 atom stereocenters. The van der Waals surface area contributed by atoms with Gasteiger partial charge in [-0.2, -0.15) is 0 Å². The molecule has 0 amide bonds. The number of benzene rings is 1. The van der Waals surface area contributed by atoms with Crippen molar-refractivity contribution in [1.82, 2.24) is 4.40 Å². The molecule has 0 saturated carbocycles. The van der Waals surface area contributed by atoms with Crippen LogP contribution in [-0.2, 0) is 9.47 Å². The van der Waals surface area contributed by atoms with Crippen LogP contribution in [0.15, 0.2) is 48.5 Å². The maximum Gasteiger partial charge on any atom is 0.340 e.